The van der Waals surface area contributed by atoms with Crippen molar-refractivity contribution in [3.8, 4) is 5.75 Å². The van der Waals surface area contributed by atoms with E-state index in [2.05, 4.69) is 50.4 Å². The van der Waals surface area contributed by atoms with Gasteiger partial charge in [-0.1, -0.05) is 31.6 Å². The van der Waals surface area contributed by atoms with E-state index in [1.54, 1.807) is 0 Å². The molecule has 2 nitrogen and oxygen atoms in total. The van der Waals surface area contributed by atoms with Crippen molar-refractivity contribution >= 4 is 6.08 Å². The number of fused-ring (bicyclic) bond motifs is 1. The van der Waals surface area contributed by atoms with Crippen LogP contribution in [0.1, 0.15) is 31.9 Å². The van der Waals surface area contributed by atoms with Gasteiger partial charge in [-0.3, -0.25) is 0 Å². The van der Waals surface area contributed by atoms with Crippen LogP contribution in [-0.4, -0.2) is 19.7 Å². The summed E-state index contributed by atoms with van der Waals surface area (Å²) in [5.74, 6) is 1.76. The normalized spacial score (nSPS) is 14.8. The maximum absolute atomic E-state index is 5.52. The van der Waals surface area contributed by atoms with E-state index >= 15 is 0 Å². The molecule has 0 radical (unpaired) electrons. The number of ether oxygens (including phenoxy) is 1. The highest BCUT2D eigenvalue weighted by atomic mass is 16.5. The molecular weight excluding hydrogens is 222 g/mol. The second-order valence-electron chi connectivity index (χ2n) is 5.48. The Hall–Kier alpha value is -1.28. The molecule has 2 heteroatoms. The summed E-state index contributed by atoms with van der Waals surface area (Å²) in [6.45, 7) is 9.50. The molecule has 2 rings (SSSR count). The van der Waals surface area contributed by atoms with E-state index < -0.39 is 0 Å². The lowest BCUT2D eigenvalue weighted by Crippen LogP contribution is -2.21. The Labute approximate surface area is 110 Å². The topological polar surface area (TPSA) is 21.3 Å². The number of nitrogens with one attached hydrogen (secondary N) is 1. The van der Waals surface area contributed by atoms with Gasteiger partial charge in [-0.2, -0.15) is 0 Å². The maximum Gasteiger partial charge on any atom is 0.122 e. The molecule has 0 fully saturated rings. The van der Waals surface area contributed by atoms with Crippen molar-refractivity contribution in [1.29, 1.82) is 0 Å². The summed E-state index contributed by atoms with van der Waals surface area (Å²) < 4.78 is 5.52. The van der Waals surface area contributed by atoms with Crippen LogP contribution >= 0.6 is 0 Å². The lowest BCUT2D eigenvalue weighted by molar-refractivity contribution is 0.357. The largest absolute Gasteiger partial charge is 0.493 e. The molecule has 0 atom stereocenters. The van der Waals surface area contributed by atoms with E-state index in [1.807, 2.05) is 0 Å². The van der Waals surface area contributed by atoms with E-state index in [4.69, 9.17) is 4.74 Å². The fourth-order valence-corrected chi connectivity index (χ4v) is 2.19. The Morgan fingerprint density at radius 3 is 3.06 bits per heavy atom. The van der Waals surface area contributed by atoms with Gasteiger partial charge >= 0.3 is 0 Å². The van der Waals surface area contributed by atoms with Gasteiger partial charge in [0.25, 0.3) is 0 Å². The number of rotatable bonds is 5. The minimum Gasteiger partial charge on any atom is -0.493 e. The molecule has 1 aromatic carbocycles. The first kappa shape index (κ1) is 13.2. The minimum absolute atomic E-state index is 0.704. The van der Waals surface area contributed by atoms with Crippen molar-refractivity contribution in [2.24, 2.45) is 5.92 Å². The Morgan fingerprint density at radius 1 is 1.44 bits per heavy atom. The Morgan fingerprint density at radius 2 is 2.28 bits per heavy atom. The molecule has 1 aromatic rings. The molecule has 0 saturated carbocycles. The van der Waals surface area contributed by atoms with E-state index in [-0.39, 0.29) is 0 Å². The quantitative estimate of drug-likeness (QED) is 0.859. The standard InChI is InChI=1S/C16H23NO/c1-12(2)10-17-11-13(3)8-14-4-5-16-15(9-14)6-7-18-16/h4-5,8-9,12,17H,6-7,10-11H2,1-3H3. The number of hydrogen-bond donors (Lipinski definition) is 1. The van der Waals surface area contributed by atoms with Crippen LogP contribution in [0, 0.1) is 5.92 Å². The molecule has 0 bridgehead atoms. The van der Waals surface area contributed by atoms with Crippen molar-refractivity contribution in [2.45, 2.75) is 27.2 Å². The first-order valence-corrected chi connectivity index (χ1v) is 6.79. The van der Waals surface area contributed by atoms with Gasteiger partial charge in [0, 0.05) is 13.0 Å². The first-order valence-electron chi connectivity index (χ1n) is 6.79. The summed E-state index contributed by atoms with van der Waals surface area (Å²) in [5.41, 5.74) is 3.99. The zero-order valence-electron chi connectivity index (χ0n) is 11.6. The van der Waals surface area contributed by atoms with Gasteiger partial charge in [0.15, 0.2) is 0 Å². The van der Waals surface area contributed by atoms with Crippen molar-refractivity contribution < 1.29 is 4.74 Å². The lowest BCUT2D eigenvalue weighted by atomic mass is 10.1. The molecular formula is C16H23NO. The van der Waals surface area contributed by atoms with E-state index in [1.165, 1.54) is 16.7 Å². The molecule has 1 aliphatic rings. The number of benzene rings is 1. The van der Waals surface area contributed by atoms with Gasteiger partial charge in [0.1, 0.15) is 5.75 Å². The summed E-state index contributed by atoms with van der Waals surface area (Å²) in [5, 5.41) is 3.46. The van der Waals surface area contributed by atoms with Crippen LogP contribution in [0.4, 0.5) is 0 Å². The van der Waals surface area contributed by atoms with Gasteiger partial charge < -0.3 is 10.1 Å². The zero-order valence-corrected chi connectivity index (χ0v) is 11.6. The summed E-state index contributed by atoms with van der Waals surface area (Å²) in [7, 11) is 0. The van der Waals surface area contributed by atoms with E-state index in [0.717, 1.165) is 31.9 Å². The third-order valence-corrected chi connectivity index (χ3v) is 3.08. The van der Waals surface area contributed by atoms with Gasteiger partial charge in [-0.15, -0.1) is 0 Å². The Balaban J connectivity index is 1.95. The van der Waals surface area contributed by atoms with Crippen LogP contribution in [-0.2, 0) is 6.42 Å². The molecule has 0 spiro atoms. The third kappa shape index (κ3) is 3.61. The van der Waals surface area contributed by atoms with Crippen LogP contribution in [0.15, 0.2) is 23.8 Å². The lowest BCUT2D eigenvalue weighted by Gasteiger charge is -2.08. The highest BCUT2D eigenvalue weighted by Crippen LogP contribution is 2.26. The average Bonchev–Trinajstić information content (AvgIpc) is 2.75. The smallest absolute Gasteiger partial charge is 0.122 e. The Kier molecular flexibility index (Phi) is 4.43. The monoisotopic (exact) mass is 245 g/mol. The molecule has 0 unspecified atom stereocenters. The van der Waals surface area contributed by atoms with Crippen LogP contribution in [0.3, 0.4) is 0 Å². The minimum atomic E-state index is 0.704. The van der Waals surface area contributed by atoms with Crippen molar-refractivity contribution in [2.75, 3.05) is 19.7 Å². The van der Waals surface area contributed by atoms with Crippen molar-refractivity contribution in [3.05, 3.63) is 34.9 Å². The molecule has 0 aliphatic carbocycles. The van der Waals surface area contributed by atoms with Crippen LogP contribution in [0.5, 0.6) is 5.75 Å². The number of hydrogen-bond acceptors (Lipinski definition) is 2. The predicted octanol–water partition coefficient (Wildman–Crippen LogP) is 3.27. The molecule has 1 heterocycles. The highest BCUT2D eigenvalue weighted by molar-refractivity contribution is 5.56. The van der Waals surface area contributed by atoms with Gasteiger partial charge in [0.2, 0.25) is 0 Å². The van der Waals surface area contributed by atoms with Crippen molar-refractivity contribution in [1.82, 2.24) is 5.32 Å². The molecule has 18 heavy (non-hydrogen) atoms. The zero-order chi connectivity index (χ0) is 13.0. The second-order valence-corrected chi connectivity index (χ2v) is 5.48. The van der Waals surface area contributed by atoms with E-state index in [9.17, 15) is 0 Å². The highest BCUT2D eigenvalue weighted by Gasteiger charge is 2.11. The van der Waals surface area contributed by atoms with Crippen molar-refractivity contribution in [3.63, 3.8) is 0 Å². The van der Waals surface area contributed by atoms with Gasteiger partial charge in [-0.25, -0.2) is 0 Å². The molecule has 1 aliphatic heterocycles. The second kappa shape index (κ2) is 6.05. The fourth-order valence-electron chi connectivity index (χ4n) is 2.19. The molecule has 0 amide bonds. The fraction of sp³-hybridized carbons (Fsp3) is 0.500. The summed E-state index contributed by atoms with van der Waals surface area (Å²) >= 11 is 0. The van der Waals surface area contributed by atoms with Gasteiger partial charge in [-0.05, 0) is 42.6 Å². The summed E-state index contributed by atoms with van der Waals surface area (Å²) in [6, 6.07) is 6.47. The van der Waals surface area contributed by atoms with Crippen LogP contribution < -0.4 is 10.1 Å². The third-order valence-electron chi connectivity index (χ3n) is 3.08. The SMILES string of the molecule is CC(=Cc1ccc2c(c1)CCO2)CNCC(C)C. The molecule has 0 aromatic heterocycles. The predicted molar refractivity (Wildman–Crippen MR) is 77.0 cm³/mol. The van der Waals surface area contributed by atoms with Crippen LogP contribution in [0.25, 0.3) is 6.08 Å². The maximum atomic E-state index is 5.52. The summed E-state index contributed by atoms with van der Waals surface area (Å²) in [6.07, 6.45) is 3.30. The first-order chi connectivity index (χ1) is 8.65. The molecule has 0 saturated heterocycles. The average molecular weight is 245 g/mol. The Bertz CT molecular complexity index is 435. The van der Waals surface area contributed by atoms with Crippen LogP contribution in [0.2, 0.25) is 0 Å². The molecule has 98 valence electrons. The van der Waals surface area contributed by atoms with E-state index in [0.29, 0.717) is 5.92 Å². The summed E-state index contributed by atoms with van der Waals surface area (Å²) in [4.78, 5) is 0. The molecule has 1 N–H and O–H groups in total. The van der Waals surface area contributed by atoms with Gasteiger partial charge in [0.05, 0.1) is 6.61 Å².